The summed E-state index contributed by atoms with van der Waals surface area (Å²) in [7, 11) is 0. The highest BCUT2D eigenvalue weighted by molar-refractivity contribution is 6.31. The van der Waals surface area contributed by atoms with Crippen molar-refractivity contribution in [2.24, 2.45) is 5.73 Å². The molecule has 2 N–H and O–H groups in total. The third-order valence-electron chi connectivity index (χ3n) is 7.82. The summed E-state index contributed by atoms with van der Waals surface area (Å²) < 4.78 is 6.13. The summed E-state index contributed by atoms with van der Waals surface area (Å²) in [4.78, 5) is 15.5. The molecule has 0 bridgehead atoms. The zero-order valence-electron chi connectivity index (χ0n) is 22.8. The van der Waals surface area contributed by atoms with Gasteiger partial charge in [-0.2, -0.15) is 5.26 Å². The number of nitriles is 1. The molecule has 0 saturated carbocycles. The molecule has 3 aromatic carbocycles. The predicted octanol–water partition coefficient (Wildman–Crippen LogP) is 7.46. The number of ketones is 1. The number of halogens is 1. The minimum absolute atomic E-state index is 0.0598. The lowest BCUT2D eigenvalue weighted by atomic mass is 9.73. The molecule has 198 valence electrons. The Balaban J connectivity index is 1.65. The average molecular weight is 538 g/mol. The number of benzene rings is 3. The molecule has 1 unspecified atom stereocenters. The lowest BCUT2D eigenvalue weighted by Gasteiger charge is -2.40. The molecule has 0 amide bonds. The molecule has 0 saturated heterocycles. The van der Waals surface area contributed by atoms with E-state index in [4.69, 9.17) is 22.1 Å². The van der Waals surface area contributed by atoms with E-state index >= 15 is 0 Å². The second-order valence-electron chi connectivity index (χ2n) is 10.4. The van der Waals surface area contributed by atoms with Gasteiger partial charge in [-0.15, -0.1) is 0 Å². The zero-order valence-corrected chi connectivity index (χ0v) is 23.5. The van der Waals surface area contributed by atoms with Crippen LogP contribution in [0.4, 0.5) is 5.69 Å². The van der Waals surface area contributed by atoms with E-state index in [1.807, 2.05) is 75.1 Å². The van der Waals surface area contributed by atoms with Crippen LogP contribution in [0.5, 0.6) is 5.75 Å². The quantitative estimate of drug-likeness (QED) is 0.365. The summed E-state index contributed by atoms with van der Waals surface area (Å²) in [6, 6.07) is 20.2. The van der Waals surface area contributed by atoms with E-state index in [9.17, 15) is 10.1 Å². The molecule has 6 heteroatoms. The topological polar surface area (TPSA) is 79.3 Å². The number of carbonyl (C=O) groups is 1. The summed E-state index contributed by atoms with van der Waals surface area (Å²) in [6.45, 7) is 8.42. The first-order valence-corrected chi connectivity index (χ1v) is 13.6. The van der Waals surface area contributed by atoms with Crippen LogP contribution in [-0.4, -0.2) is 5.78 Å². The Morgan fingerprint density at radius 1 is 1.03 bits per heavy atom. The van der Waals surface area contributed by atoms with Crippen molar-refractivity contribution in [2.45, 2.75) is 59.5 Å². The number of hydrogen-bond acceptors (Lipinski definition) is 5. The SMILES string of the molecule is Cc1ccc(OCc2cc(C)cc(C3C(C#N)=C(N)N(c4cccc(Cl)c4C)C4=C3C(=O)CCC4)c2C)cc1. The van der Waals surface area contributed by atoms with Gasteiger partial charge >= 0.3 is 0 Å². The molecule has 0 radical (unpaired) electrons. The van der Waals surface area contributed by atoms with Crippen LogP contribution in [-0.2, 0) is 11.4 Å². The van der Waals surface area contributed by atoms with Crippen LogP contribution in [0.25, 0.3) is 0 Å². The molecule has 5 nitrogen and oxygen atoms in total. The maximum atomic E-state index is 13.6. The van der Waals surface area contributed by atoms with Crippen molar-refractivity contribution < 1.29 is 9.53 Å². The van der Waals surface area contributed by atoms with E-state index in [1.54, 1.807) is 0 Å². The molecule has 1 heterocycles. The van der Waals surface area contributed by atoms with Gasteiger partial charge in [-0.3, -0.25) is 9.69 Å². The molecule has 1 aliphatic heterocycles. The van der Waals surface area contributed by atoms with Crippen LogP contribution in [0, 0.1) is 39.0 Å². The smallest absolute Gasteiger partial charge is 0.161 e. The van der Waals surface area contributed by atoms with Gasteiger partial charge in [-0.05, 0) is 87.1 Å². The first kappa shape index (κ1) is 26.6. The second-order valence-corrected chi connectivity index (χ2v) is 10.8. The summed E-state index contributed by atoms with van der Waals surface area (Å²) in [5, 5.41) is 11.1. The van der Waals surface area contributed by atoms with Crippen LogP contribution in [0.2, 0.25) is 5.02 Å². The highest BCUT2D eigenvalue weighted by atomic mass is 35.5. The number of nitrogens with zero attached hydrogens (tertiary/aromatic N) is 2. The Labute approximate surface area is 235 Å². The number of aryl methyl sites for hydroxylation is 2. The van der Waals surface area contributed by atoms with Gasteiger partial charge in [0.25, 0.3) is 0 Å². The van der Waals surface area contributed by atoms with Crippen molar-refractivity contribution in [3.05, 3.63) is 116 Å². The van der Waals surface area contributed by atoms with E-state index in [0.29, 0.717) is 41.4 Å². The minimum atomic E-state index is -0.536. The monoisotopic (exact) mass is 537 g/mol. The van der Waals surface area contributed by atoms with Crippen LogP contribution >= 0.6 is 11.6 Å². The zero-order chi connectivity index (χ0) is 27.8. The third-order valence-corrected chi connectivity index (χ3v) is 8.23. The first-order valence-electron chi connectivity index (χ1n) is 13.2. The van der Waals surface area contributed by atoms with Gasteiger partial charge in [0.1, 0.15) is 18.2 Å². The number of nitrogens with two attached hydrogens (primary N) is 1. The fraction of sp³-hybridized carbons (Fsp3) is 0.273. The van der Waals surface area contributed by atoms with Gasteiger partial charge in [0.05, 0.1) is 23.2 Å². The fourth-order valence-corrected chi connectivity index (χ4v) is 5.89. The molecular weight excluding hydrogens is 506 g/mol. The Kier molecular flexibility index (Phi) is 7.25. The Bertz CT molecular complexity index is 1580. The number of Topliss-reactive ketones (excluding diaryl/α,β-unsaturated/α-hetero) is 1. The molecular formula is C33H32ClN3O2. The van der Waals surface area contributed by atoms with Gasteiger partial charge in [-0.1, -0.05) is 53.1 Å². The van der Waals surface area contributed by atoms with Crippen LogP contribution in [0.3, 0.4) is 0 Å². The lowest BCUT2D eigenvalue weighted by molar-refractivity contribution is -0.116. The molecule has 1 aliphatic carbocycles. The van der Waals surface area contributed by atoms with E-state index < -0.39 is 5.92 Å². The van der Waals surface area contributed by atoms with Gasteiger partial charge in [0.15, 0.2) is 5.78 Å². The number of anilines is 1. The van der Waals surface area contributed by atoms with Gasteiger partial charge in [0.2, 0.25) is 0 Å². The number of ether oxygens (including phenoxy) is 1. The summed E-state index contributed by atoms with van der Waals surface area (Å²) in [6.07, 6.45) is 1.87. The van der Waals surface area contributed by atoms with E-state index in [-0.39, 0.29) is 5.78 Å². The summed E-state index contributed by atoms with van der Waals surface area (Å²) in [5.41, 5.74) is 15.5. The van der Waals surface area contributed by atoms with Crippen molar-refractivity contribution in [1.29, 1.82) is 5.26 Å². The number of hydrogen-bond donors (Lipinski definition) is 1. The van der Waals surface area contributed by atoms with Crippen molar-refractivity contribution >= 4 is 23.1 Å². The van der Waals surface area contributed by atoms with E-state index in [0.717, 1.165) is 51.4 Å². The molecule has 39 heavy (non-hydrogen) atoms. The summed E-state index contributed by atoms with van der Waals surface area (Å²) in [5.74, 6) is 0.665. The van der Waals surface area contributed by atoms with Crippen molar-refractivity contribution in [3.8, 4) is 11.8 Å². The number of rotatable bonds is 5. The summed E-state index contributed by atoms with van der Waals surface area (Å²) >= 11 is 6.47. The third kappa shape index (κ3) is 4.82. The molecule has 0 fully saturated rings. The van der Waals surface area contributed by atoms with Gasteiger partial charge in [0, 0.05) is 22.7 Å². The largest absolute Gasteiger partial charge is 0.489 e. The molecule has 0 aromatic heterocycles. The van der Waals surface area contributed by atoms with Crippen LogP contribution in [0.1, 0.15) is 58.6 Å². The maximum Gasteiger partial charge on any atom is 0.161 e. The average Bonchev–Trinajstić information content (AvgIpc) is 2.91. The standard InChI is InChI=1S/C33H32ClN3O2/c1-19-11-13-24(14-12-19)39-18-23-15-20(2)16-25(21(23)3)31-26(17-35)33(36)37(28-8-5-7-27(34)22(28)4)29-9-6-10-30(38)32(29)31/h5,7-8,11-16,31H,6,9-10,18,36H2,1-4H3. The van der Waals surface area contributed by atoms with Gasteiger partial charge < -0.3 is 10.5 Å². The lowest BCUT2D eigenvalue weighted by Crippen LogP contribution is -2.39. The minimum Gasteiger partial charge on any atom is -0.489 e. The Hall–Kier alpha value is -4.01. The van der Waals surface area contributed by atoms with E-state index in [1.165, 1.54) is 5.56 Å². The highest BCUT2D eigenvalue weighted by Gasteiger charge is 2.41. The van der Waals surface area contributed by atoms with Gasteiger partial charge in [-0.25, -0.2) is 0 Å². The fourth-order valence-electron chi connectivity index (χ4n) is 5.72. The van der Waals surface area contributed by atoms with Crippen LogP contribution < -0.4 is 15.4 Å². The highest BCUT2D eigenvalue weighted by Crippen LogP contribution is 2.48. The van der Waals surface area contributed by atoms with Crippen molar-refractivity contribution in [3.63, 3.8) is 0 Å². The van der Waals surface area contributed by atoms with Crippen LogP contribution in [0.15, 0.2) is 77.3 Å². The van der Waals surface area contributed by atoms with E-state index in [2.05, 4.69) is 18.2 Å². The molecule has 5 rings (SSSR count). The van der Waals surface area contributed by atoms with Crippen molar-refractivity contribution in [1.82, 2.24) is 0 Å². The van der Waals surface area contributed by atoms with Crippen molar-refractivity contribution in [2.75, 3.05) is 4.90 Å². The molecule has 2 aliphatic rings. The Morgan fingerprint density at radius 3 is 2.49 bits per heavy atom. The molecule has 3 aromatic rings. The second kappa shape index (κ2) is 10.6. The molecule has 0 spiro atoms. The normalized spacial score (nSPS) is 17.3. The first-order chi connectivity index (χ1) is 18.7. The number of allylic oxidation sites excluding steroid dienone is 3. The maximum absolute atomic E-state index is 13.6. The number of carbonyl (C=O) groups excluding carboxylic acids is 1. The molecule has 1 atom stereocenters. The Morgan fingerprint density at radius 2 is 1.77 bits per heavy atom. The predicted molar refractivity (Wildman–Crippen MR) is 156 cm³/mol.